The van der Waals surface area contributed by atoms with Gasteiger partial charge in [0.05, 0.1) is 6.54 Å². The fraction of sp³-hybridized carbons (Fsp3) is 0.250. The summed E-state index contributed by atoms with van der Waals surface area (Å²) < 4.78 is 0. The Kier molecular flexibility index (Phi) is 8.46. The van der Waals surface area contributed by atoms with Crippen molar-refractivity contribution in [1.82, 2.24) is 4.90 Å². The zero-order chi connectivity index (χ0) is 13.1. The van der Waals surface area contributed by atoms with Crippen LogP contribution in [0.4, 0.5) is 0 Å². The number of hydrogen-bond acceptors (Lipinski definition) is 1. The molecular formula is C16H21N. The maximum atomic E-state index is 5.26. The molecule has 0 saturated carbocycles. The van der Waals surface area contributed by atoms with Crippen LogP contribution in [-0.4, -0.2) is 25.0 Å². The summed E-state index contributed by atoms with van der Waals surface area (Å²) in [6.07, 6.45) is 17.0. The largest absolute Gasteiger partial charge is 0.291 e. The summed E-state index contributed by atoms with van der Waals surface area (Å²) in [5, 5.41) is 0. The van der Waals surface area contributed by atoms with E-state index in [1.54, 1.807) is 6.08 Å². The third-order valence-corrected chi connectivity index (χ3v) is 2.11. The molecule has 0 bridgehead atoms. The molecule has 0 spiro atoms. The van der Waals surface area contributed by atoms with Crippen molar-refractivity contribution >= 4 is 0 Å². The molecule has 0 aliphatic heterocycles. The lowest BCUT2D eigenvalue weighted by molar-refractivity contribution is 0.412. The van der Waals surface area contributed by atoms with Crippen LogP contribution in [0.15, 0.2) is 60.8 Å². The Morgan fingerprint density at radius 1 is 1.41 bits per heavy atom. The SMILES string of the molecule is C#CCN(C)CC(=C)C(/C=C\C=C/C)=C/C=C. The lowest BCUT2D eigenvalue weighted by Gasteiger charge is -2.15. The van der Waals surface area contributed by atoms with E-state index in [-0.39, 0.29) is 0 Å². The molecule has 0 aromatic heterocycles. The second-order valence-electron chi connectivity index (χ2n) is 3.72. The van der Waals surface area contributed by atoms with Gasteiger partial charge in [0.15, 0.2) is 0 Å². The van der Waals surface area contributed by atoms with Crippen molar-refractivity contribution in [3.63, 3.8) is 0 Å². The summed E-state index contributed by atoms with van der Waals surface area (Å²) >= 11 is 0. The number of allylic oxidation sites excluding steroid dienone is 6. The first kappa shape index (κ1) is 15.2. The molecule has 0 aromatic carbocycles. The predicted octanol–water partition coefficient (Wildman–Crippen LogP) is 3.35. The van der Waals surface area contributed by atoms with Crippen molar-refractivity contribution in [3.05, 3.63) is 60.8 Å². The highest BCUT2D eigenvalue weighted by atomic mass is 15.1. The summed E-state index contributed by atoms with van der Waals surface area (Å²) in [7, 11) is 1.98. The molecule has 0 fully saturated rings. The lowest BCUT2D eigenvalue weighted by atomic mass is 10.1. The van der Waals surface area contributed by atoms with Gasteiger partial charge in [0.25, 0.3) is 0 Å². The van der Waals surface area contributed by atoms with Gasteiger partial charge in [0.1, 0.15) is 0 Å². The molecule has 0 amide bonds. The van der Waals surface area contributed by atoms with Crippen LogP contribution in [0.5, 0.6) is 0 Å². The zero-order valence-corrected chi connectivity index (χ0v) is 10.8. The smallest absolute Gasteiger partial charge is 0.0599 e. The van der Waals surface area contributed by atoms with Crippen LogP contribution in [0.2, 0.25) is 0 Å². The Bertz CT molecular complexity index is 375. The molecule has 0 aliphatic carbocycles. The Hall–Kier alpha value is -1.78. The van der Waals surface area contributed by atoms with Gasteiger partial charge in [-0.3, -0.25) is 4.90 Å². The number of hydrogen-bond donors (Lipinski definition) is 0. The van der Waals surface area contributed by atoms with Crippen LogP contribution >= 0.6 is 0 Å². The van der Waals surface area contributed by atoms with Gasteiger partial charge in [0.2, 0.25) is 0 Å². The van der Waals surface area contributed by atoms with Gasteiger partial charge < -0.3 is 0 Å². The van der Waals surface area contributed by atoms with E-state index in [4.69, 9.17) is 6.42 Å². The van der Waals surface area contributed by atoms with Crippen molar-refractivity contribution < 1.29 is 0 Å². The van der Waals surface area contributed by atoms with E-state index >= 15 is 0 Å². The minimum absolute atomic E-state index is 0.624. The highest BCUT2D eigenvalue weighted by Crippen LogP contribution is 2.11. The predicted molar refractivity (Wildman–Crippen MR) is 77.7 cm³/mol. The van der Waals surface area contributed by atoms with E-state index in [9.17, 15) is 0 Å². The number of rotatable bonds is 7. The molecule has 0 rings (SSSR count). The van der Waals surface area contributed by atoms with E-state index in [1.165, 1.54) is 0 Å². The zero-order valence-electron chi connectivity index (χ0n) is 10.8. The van der Waals surface area contributed by atoms with Crippen molar-refractivity contribution in [2.24, 2.45) is 0 Å². The molecule has 1 nitrogen and oxygen atoms in total. The van der Waals surface area contributed by atoms with Crippen molar-refractivity contribution in [3.8, 4) is 12.3 Å². The van der Waals surface area contributed by atoms with Crippen LogP contribution in [0.1, 0.15) is 6.92 Å². The van der Waals surface area contributed by atoms with Crippen LogP contribution in [-0.2, 0) is 0 Å². The average Bonchev–Trinajstić information content (AvgIpc) is 2.28. The highest BCUT2D eigenvalue weighted by molar-refractivity contribution is 5.41. The topological polar surface area (TPSA) is 3.24 Å². The van der Waals surface area contributed by atoms with E-state index in [2.05, 4.69) is 19.1 Å². The normalized spacial score (nSPS) is 12.2. The number of nitrogens with zero attached hydrogens (tertiary/aromatic N) is 1. The van der Waals surface area contributed by atoms with Crippen molar-refractivity contribution in [2.45, 2.75) is 6.92 Å². The summed E-state index contributed by atoms with van der Waals surface area (Å²) in [5.41, 5.74) is 2.10. The minimum Gasteiger partial charge on any atom is -0.291 e. The lowest BCUT2D eigenvalue weighted by Crippen LogP contribution is -2.21. The standard InChI is InChI=1S/C16H21N/c1-6-9-10-12-16(11-7-2)15(4)14-17(5)13-8-3/h3,6-7,9-12H,2,4,13-14H2,1,5H3/b9-6-,12-10-,16-11+. The van der Waals surface area contributed by atoms with E-state index in [0.717, 1.165) is 17.7 Å². The molecule has 0 N–H and O–H groups in total. The maximum absolute atomic E-state index is 5.26. The molecule has 0 atom stereocenters. The number of likely N-dealkylation sites (N-methyl/N-ethyl adjacent to an activating group) is 1. The Morgan fingerprint density at radius 2 is 2.12 bits per heavy atom. The molecule has 0 aliphatic rings. The van der Waals surface area contributed by atoms with Crippen LogP contribution in [0, 0.1) is 12.3 Å². The molecule has 0 radical (unpaired) electrons. The van der Waals surface area contributed by atoms with Gasteiger partial charge in [-0.25, -0.2) is 0 Å². The molecule has 0 aromatic rings. The third kappa shape index (κ3) is 7.16. The van der Waals surface area contributed by atoms with E-state index < -0.39 is 0 Å². The van der Waals surface area contributed by atoms with Crippen molar-refractivity contribution in [1.29, 1.82) is 0 Å². The first-order chi connectivity index (χ1) is 8.15. The van der Waals surface area contributed by atoms with E-state index in [1.807, 2.05) is 49.3 Å². The van der Waals surface area contributed by atoms with Crippen molar-refractivity contribution in [2.75, 3.05) is 20.1 Å². The first-order valence-corrected chi connectivity index (χ1v) is 5.58. The van der Waals surface area contributed by atoms with Gasteiger partial charge in [0, 0.05) is 6.54 Å². The second-order valence-corrected chi connectivity index (χ2v) is 3.72. The highest BCUT2D eigenvalue weighted by Gasteiger charge is 2.02. The third-order valence-electron chi connectivity index (χ3n) is 2.11. The summed E-state index contributed by atoms with van der Waals surface area (Å²) in [6, 6.07) is 0. The fourth-order valence-electron chi connectivity index (χ4n) is 1.32. The van der Waals surface area contributed by atoms with Gasteiger partial charge in [-0.2, -0.15) is 0 Å². The minimum atomic E-state index is 0.624. The van der Waals surface area contributed by atoms with Crippen LogP contribution < -0.4 is 0 Å². The van der Waals surface area contributed by atoms with Crippen LogP contribution in [0.25, 0.3) is 0 Å². The molecule has 0 unspecified atom stereocenters. The van der Waals surface area contributed by atoms with Gasteiger partial charge in [-0.1, -0.05) is 55.5 Å². The average molecular weight is 227 g/mol. The monoisotopic (exact) mass is 227 g/mol. The molecule has 90 valence electrons. The quantitative estimate of drug-likeness (QED) is 0.476. The molecule has 0 heterocycles. The molecule has 0 saturated heterocycles. The summed E-state index contributed by atoms with van der Waals surface area (Å²) in [4.78, 5) is 2.04. The summed E-state index contributed by atoms with van der Waals surface area (Å²) in [5.74, 6) is 2.61. The molecule has 1 heteroatoms. The Balaban J connectivity index is 4.62. The molecule has 17 heavy (non-hydrogen) atoms. The molecular weight excluding hydrogens is 206 g/mol. The first-order valence-electron chi connectivity index (χ1n) is 5.58. The summed E-state index contributed by atoms with van der Waals surface area (Å²) in [6.45, 7) is 11.1. The van der Waals surface area contributed by atoms with Crippen LogP contribution in [0.3, 0.4) is 0 Å². The Morgan fingerprint density at radius 3 is 2.65 bits per heavy atom. The van der Waals surface area contributed by atoms with E-state index in [0.29, 0.717) is 6.54 Å². The Labute approximate surface area is 106 Å². The van der Waals surface area contributed by atoms with Gasteiger partial charge >= 0.3 is 0 Å². The van der Waals surface area contributed by atoms with Gasteiger partial charge in [-0.15, -0.1) is 6.42 Å². The number of terminal acetylenes is 1. The van der Waals surface area contributed by atoms with Gasteiger partial charge in [-0.05, 0) is 25.1 Å². The second kappa shape index (κ2) is 9.45. The fourth-order valence-corrected chi connectivity index (χ4v) is 1.32. The maximum Gasteiger partial charge on any atom is 0.0599 e.